The minimum atomic E-state index is 0. The largest absolute Gasteiger partial charge is 0.379 e. The van der Waals surface area contributed by atoms with Crippen LogP contribution in [0.5, 0.6) is 0 Å². The Labute approximate surface area is 196 Å². The van der Waals surface area contributed by atoms with Gasteiger partial charge in [-0.3, -0.25) is 9.89 Å². The van der Waals surface area contributed by atoms with Crippen LogP contribution in [0.1, 0.15) is 48.4 Å². The molecule has 0 aliphatic carbocycles. The molecule has 1 fully saturated rings. The van der Waals surface area contributed by atoms with E-state index in [-0.39, 0.29) is 30.0 Å². The van der Waals surface area contributed by atoms with E-state index < -0.39 is 0 Å². The molecule has 0 bridgehead atoms. The molecule has 1 unspecified atom stereocenters. The molecule has 7 nitrogen and oxygen atoms in total. The summed E-state index contributed by atoms with van der Waals surface area (Å²) in [6.07, 6.45) is 0. The van der Waals surface area contributed by atoms with E-state index in [1.807, 2.05) is 6.07 Å². The Morgan fingerprint density at radius 3 is 2.60 bits per heavy atom. The summed E-state index contributed by atoms with van der Waals surface area (Å²) in [5.74, 6) is 1.91. The highest BCUT2D eigenvalue weighted by Crippen LogP contribution is 2.22. The van der Waals surface area contributed by atoms with Crippen LogP contribution in [0.2, 0.25) is 0 Å². The number of hydrogen-bond acceptors (Lipinski definition) is 5. The fourth-order valence-electron chi connectivity index (χ4n) is 3.49. The number of aliphatic imine (C=N–C) groups is 1. The first-order valence-corrected chi connectivity index (χ1v) is 10.3. The van der Waals surface area contributed by atoms with Gasteiger partial charge in [0.05, 0.1) is 31.5 Å². The molecule has 1 saturated heterocycles. The van der Waals surface area contributed by atoms with E-state index in [9.17, 15) is 0 Å². The maximum Gasteiger partial charge on any atom is 0.191 e. The van der Waals surface area contributed by atoms with E-state index >= 15 is 0 Å². The molecule has 2 aromatic rings. The lowest BCUT2D eigenvalue weighted by molar-refractivity contribution is 0.0170. The summed E-state index contributed by atoms with van der Waals surface area (Å²) in [4.78, 5) is 6.84. The zero-order chi connectivity index (χ0) is 20.6. The Bertz CT molecular complexity index is 802. The van der Waals surface area contributed by atoms with Gasteiger partial charge in [0, 0.05) is 32.7 Å². The van der Waals surface area contributed by atoms with Gasteiger partial charge in [-0.1, -0.05) is 48.8 Å². The van der Waals surface area contributed by atoms with Crippen LogP contribution in [0.15, 0.2) is 39.8 Å². The van der Waals surface area contributed by atoms with Crippen LogP contribution >= 0.6 is 24.0 Å². The first-order valence-electron chi connectivity index (χ1n) is 10.3. The van der Waals surface area contributed by atoms with Crippen molar-refractivity contribution in [3.63, 3.8) is 0 Å². The number of nitrogens with zero attached hydrogens (tertiary/aromatic N) is 3. The minimum Gasteiger partial charge on any atom is -0.379 e. The van der Waals surface area contributed by atoms with Crippen molar-refractivity contribution in [3.8, 4) is 0 Å². The topological polar surface area (TPSA) is 74.9 Å². The van der Waals surface area contributed by atoms with Crippen LogP contribution in [-0.4, -0.2) is 55.9 Å². The van der Waals surface area contributed by atoms with Gasteiger partial charge in [0.2, 0.25) is 0 Å². The predicted octanol–water partition coefficient (Wildman–Crippen LogP) is 3.46. The Balaban J connectivity index is 0.00000320. The standard InChI is InChI=1S/C22H33N5O2.HI/c1-16(2)20-13-19(29-26-20)14-24-22(23-4)25-15-21(27-8-10-28-11-9-27)18-7-5-6-17(3)12-18;/h5-7,12-13,16,21H,8-11,14-15H2,1-4H3,(H2,23,24,25);1H. The number of morpholine rings is 1. The number of hydrogen-bond donors (Lipinski definition) is 2. The van der Waals surface area contributed by atoms with Crippen molar-refractivity contribution in [1.82, 2.24) is 20.7 Å². The second-order valence-electron chi connectivity index (χ2n) is 7.76. The molecular weight excluding hydrogens is 493 g/mol. The van der Waals surface area contributed by atoms with E-state index in [4.69, 9.17) is 9.26 Å². The van der Waals surface area contributed by atoms with Crippen LogP contribution in [0.3, 0.4) is 0 Å². The van der Waals surface area contributed by atoms with Gasteiger partial charge in [-0.15, -0.1) is 24.0 Å². The van der Waals surface area contributed by atoms with Gasteiger partial charge >= 0.3 is 0 Å². The molecule has 0 saturated carbocycles. The summed E-state index contributed by atoms with van der Waals surface area (Å²) in [6.45, 7) is 11.1. The molecular formula is C22H34IN5O2. The van der Waals surface area contributed by atoms with Crippen molar-refractivity contribution in [2.45, 2.75) is 39.3 Å². The molecule has 1 aromatic carbocycles. The number of benzene rings is 1. The lowest BCUT2D eigenvalue weighted by atomic mass is 10.0. The summed E-state index contributed by atoms with van der Waals surface area (Å²) in [5, 5.41) is 10.9. The maximum atomic E-state index is 5.55. The van der Waals surface area contributed by atoms with E-state index in [2.05, 4.69) is 70.7 Å². The molecule has 0 radical (unpaired) electrons. The van der Waals surface area contributed by atoms with Crippen LogP contribution in [0.25, 0.3) is 0 Å². The third kappa shape index (κ3) is 6.95. The fraction of sp³-hybridized carbons (Fsp3) is 0.545. The number of rotatable bonds is 7. The lowest BCUT2D eigenvalue weighted by Crippen LogP contribution is -2.46. The van der Waals surface area contributed by atoms with Gasteiger partial charge < -0.3 is 19.9 Å². The quantitative estimate of drug-likeness (QED) is 0.327. The second-order valence-corrected chi connectivity index (χ2v) is 7.76. The lowest BCUT2D eigenvalue weighted by Gasteiger charge is -2.35. The molecule has 1 aliphatic heterocycles. The van der Waals surface area contributed by atoms with Crippen LogP contribution in [0, 0.1) is 6.92 Å². The molecule has 1 aromatic heterocycles. The van der Waals surface area contributed by atoms with Gasteiger partial charge in [0.25, 0.3) is 0 Å². The highest BCUT2D eigenvalue weighted by atomic mass is 127. The van der Waals surface area contributed by atoms with E-state index in [0.717, 1.165) is 50.3 Å². The molecule has 3 rings (SSSR count). The van der Waals surface area contributed by atoms with Crippen molar-refractivity contribution < 1.29 is 9.26 Å². The van der Waals surface area contributed by atoms with Crippen molar-refractivity contribution in [2.24, 2.45) is 4.99 Å². The smallest absolute Gasteiger partial charge is 0.191 e. The van der Waals surface area contributed by atoms with E-state index in [1.54, 1.807) is 7.05 Å². The molecule has 1 atom stereocenters. The Morgan fingerprint density at radius 1 is 1.20 bits per heavy atom. The predicted molar refractivity (Wildman–Crippen MR) is 131 cm³/mol. The zero-order valence-corrected chi connectivity index (χ0v) is 20.7. The number of nitrogens with one attached hydrogen (secondary N) is 2. The van der Waals surface area contributed by atoms with Gasteiger partial charge in [0.1, 0.15) is 0 Å². The highest BCUT2D eigenvalue weighted by molar-refractivity contribution is 14.0. The van der Waals surface area contributed by atoms with Crippen molar-refractivity contribution >= 4 is 29.9 Å². The van der Waals surface area contributed by atoms with Crippen LogP contribution in [-0.2, 0) is 11.3 Å². The average molecular weight is 527 g/mol. The number of guanidine groups is 1. The maximum absolute atomic E-state index is 5.55. The Hall–Kier alpha value is -1.65. The number of aryl methyl sites for hydroxylation is 1. The van der Waals surface area contributed by atoms with Crippen molar-refractivity contribution in [3.05, 3.63) is 52.9 Å². The third-order valence-electron chi connectivity index (χ3n) is 5.20. The third-order valence-corrected chi connectivity index (χ3v) is 5.20. The Morgan fingerprint density at radius 2 is 1.97 bits per heavy atom. The summed E-state index contributed by atoms with van der Waals surface area (Å²) in [7, 11) is 1.78. The molecule has 166 valence electrons. The van der Waals surface area contributed by atoms with E-state index in [0.29, 0.717) is 12.5 Å². The summed E-state index contributed by atoms with van der Waals surface area (Å²) >= 11 is 0. The second kappa shape index (κ2) is 12.3. The Kier molecular flexibility index (Phi) is 10.1. The van der Waals surface area contributed by atoms with Gasteiger partial charge in [-0.25, -0.2) is 0 Å². The van der Waals surface area contributed by atoms with Gasteiger partial charge in [0.15, 0.2) is 11.7 Å². The number of aromatic nitrogens is 1. The highest BCUT2D eigenvalue weighted by Gasteiger charge is 2.23. The van der Waals surface area contributed by atoms with Crippen molar-refractivity contribution in [2.75, 3.05) is 39.9 Å². The molecule has 0 spiro atoms. The number of ether oxygens (including phenoxy) is 1. The SMILES string of the molecule is CN=C(NCc1cc(C(C)C)no1)NCC(c1cccc(C)c1)N1CCOCC1.I. The molecule has 30 heavy (non-hydrogen) atoms. The van der Waals surface area contributed by atoms with Gasteiger partial charge in [-0.05, 0) is 18.4 Å². The first-order chi connectivity index (χ1) is 14.1. The van der Waals surface area contributed by atoms with Crippen molar-refractivity contribution in [1.29, 1.82) is 0 Å². The van der Waals surface area contributed by atoms with E-state index in [1.165, 1.54) is 11.1 Å². The van der Waals surface area contributed by atoms with Gasteiger partial charge in [-0.2, -0.15) is 0 Å². The van der Waals surface area contributed by atoms with Crippen LogP contribution < -0.4 is 10.6 Å². The zero-order valence-electron chi connectivity index (χ0n) is 18.4. The fourth-order valence-corrected chi connectivity index (χ4v) is 3.49. The van der Waals surface area contributed by atoms with Crippen LogP contribution in [0.4, 0.5) is 0 Å². The molecule has 0 amide bonds. The summed E-state index contributed by atoms with van der Waals surface area (Å²) in [5.41, 5.74) is 3.55. The minimum absolute atomic E-state index is 0. The normalized spacial score (nSPS) is 16.2. The first kappa shape index (κ1) is 24.6. The average Bonchev–Trinajstić information content (AvgIpc) is 3.21. The number of halogens is 1. The summed E-state index contributed by atoms with van der Waals surface area (Å²) in [6, 6.07) is 11.0. The molecule has 1 aliphatic rings. The molecule has 2 N–H and O–H groups in total. The monoisotopic (exact) mass is 527 g/mol. The summed E-state index contributed by atoms with van der Waals surface area (Å²) < 4.78 is 11.0. The molecule has 2 heterocycles. The molecule has 8 heteroatoms.